The summed E-state index contributed by atoms with van der Waals surface area (Å²) in [5.41, 5.74) is 4.77. The van der Waals surface area contributed by atoms with Crippen LogP contribution in [0.5, 0.6) is 0 Å². The van der Waals surface area contributed by atoms with Crippen molar-refractivity contribution in [2.75, 3.05) is 6.54 Å². The second-order valence-electron chi connectivity index (χ2n) is 6.50. The molecule has 4 N–H and O–H groups in total. The van der Waals surface area contributed by atoms with E-state index in [1.807, 2.05) is 4.72 Å². The molecule has 168 valence electrons. The fraction of sp³-hybridized carbons (Fsp3) is 0.263. The van der Waals surface area contributed by atoms with E-state index in [1.165, 1.54) is 0 Å². The van der Waals surface area contributed by atoms with Crippen LogP contribution >= 0.6 is 11.6 Å². The van der Waals surface area contributed by atoms with Gasteiger partial charge in [-0.05, 0) is 23.8 Å². The molecule has 0 heterocycles. The number of nitrogens with one attached hydrogen (secondary N) is 2. The lowest BCUT2D eigenvalue weighted by molar-refractivity contribution is -0.137. The van der Waals surface area contributed by atoms with Crippen LogP contribution in [0.2, 0.25) is 5.02 Å². The highest BCUT2D eigenvalue weighted by molar-refractivity contribution is 7.89. The second kappa shape index (κ2) is 10.1. The van der Waals surface area contributed by atoms with Crippen LogP contribution in [0.4, 0.5) is 13.2 Å². The number of carbonyl (C=O) groups is 2. The first-order valence-electron chi connectivity index (χ1n) is 8.89. The average molecular weight is 478 g/mol. The van der Waals surface area contributed by atoms with Crippen molar-refractivity contribution in [1.29, 1.82) is 0 Å². The molecule has 31 heavy (non-hydrogen) atoms. The number of hydrogen-bond donors (Lipinski definition) is 3. The van der Waals surface area contributed by atoms with Crippen LogP contribution in [-0.2, 0) is 32.2 Å². The number of primary amides is 1. The highest BCUT2D eigenvalue weighted by atomic mass is 35.5. The summed E-state index contributed by atoms with van der Waals surface area (Å²) < 4.78 is 65.3. The van der Waals surface area contributed by atoms with Gasteiger partial charge in [-0.3, -0.25) is 9.59 Å². The van der Waals surface area contributed by atoms with Crippen molar-refractivity contribution >= 4 is 33.4 Å². The molecule has 7 nitrogen and oxygen atoms in total. The fourth-order valence-electron chi connectivity index (χ4n) is 2.61. The van der Waals surface area contributed by atoms with Gasteiger partial charge in [-0.15, -0.1) is 0 Å². The van der Waals surface area contributed by atoms with Crippen molar-refractivity contribution in [3.8, 4) is 0 Å². The van der Waals surface area contributed by atoms with Crippen molar-refractivity contribution < 1.29 is 31.2 Å². The zero-order valence-electron chi connectivity index (χ0n) is 15.9. The minimum absolute atomic E-state index is 0.151. The van der Waals surface area contributed by atoms with Crippen LogP contribution in [0.3, 0.4) is 0 Å². The molecule has 0 saturated carbocycles. The quantitative estimate of drug-likeness (QED) is 0.513. The molecule has 0 radical (unpaired) electrons. The number of amides is 2. The van der Waals surface area contributed by atoms with Crippen LogP contribution in [0.15, 0.2) is 53.4 Å². The smallest absolute Gasteiger partial charge is 0.368 e. The number of carbonyl (C=O) groups excluding carboxylic acids is 2. The Morgan fingerprint density at radius 3 is 2.32 bits per heavy atom. The Morgan fingerprint density at radius 2 is 1.74 bits per heavy atom. The van der Waals surface area contributed by atoms with Crippen LogP contribution in [0.25, 0.3) is 0 Å². The first-order chi connectivity index (χ1) is 14.4. The number of nitrogens with two attached hydrogens (primary N) is 1. The topological polar surface area (TPSA) is 118 Å². The second-order valence-corrected chi connectivity index (χ2v) is 8.67. The minimum atomic E-state index is -4.83. The van der Waals surface area contributed by atoms with Gasteiger partial charge in [-0.2, -0.15) is 13.2 Å². The zero-order chi connectivity index (χ0) is 23.2. The van der Waals surface area contributed by atoms with E-state index in [-0.39, 0.29) is 12.8 Å². The Balaban J connectivity index is 1.97. The van der Waals surface area contributed by atoms with E-state index in [0.717, 1.165) is 17.7 Å². The largest absolute Gasteiger partial charge is 0.417 e. The van der Waals surface area contributed by atoms with Gasteiger partial charge in [0.25, 0.3) is 0 Å². The normalized spacial score (nSPS) is 12.9. The number of halogens is 4. The van der Waals surface area contributed by atoms with Crippen molar-refractivity contribution in [2.45, 2.75) is 30.0 Å². The Kier molecular flexibility index (Phi) is 8.04. The SMILES string of the molecule is NC(=O)C(Cc1ccccc1)NC(=O)CCNS(=O)(=O)c1ccc(Cl)c(C(F)(F)F)c1. The van der Waals surface area contributed by atoms with E-state index in [1.54, 1.807) is 30.3 Å². The Labute approximate surface area is 181 Å². The Morgan fingerprint density at radius 1 is 1.10 bits per heavy atom. The monoisotopic (exact) mass is 477 g/mol. The molecule has 0 aromatic heterocycles. The van der Waals surface area contributed by atoms with Gasteiger partial charge in [-0.25, -0.2) is 13.1 Å². The van der Waals surface area contributed by atoms with E-state index >= 15 is 0 Å². The highest BCUT2D eigenvalue weighted by Crippen LogP contribution is 2.35. The third-order valence-electron chi connectivity index (χ3n) is 4.16. The average Bonchev–Trinajstić information content (AvgIpc) is 2.67. The molecule has 2 rings (SSSR count). The van der Waals surface area contributed by atoms with Gasteiger partial charge >= 0.3 is 6.18 Å². The molecule has 1 atom stereocenters. The molecule has 2 amide bonds. The number of sulfonamides is 1. The highest BCUT2D eigenvalue weighted by Gasteiger charge is 2.34. The zero-order valence-corrected chi connectivity index (χ0v) is 17.5. The van der Waals surface area contributed by atoms with Gasteiger partial charge < -0.3 is 11.1 Å². The molecule has 0 saturated heterocycles. The molecule has 0 aliphatic carbocycles. The van der Waals surface area contributed by atoms with Crippen molar-refractivity contribution in [3.05, 3.63) is 64.7 Å². The molecule has 2 aromatic rings. The molecule has 0 spiro atoms. The fourth-order valence-corrected chi connectivity index (χ4v) is 3.89. The van der Waals surface area contributed by atoms with Gasteiger partial charge in [0.1, 0.15) is 6.04 Å². The van der Waals surface area contributed by atoms with E-state index in [4.69, 9.17) is 17.3 Å². The van der Waals surface area contributed by atoms with Gasteiger partial charge in [0.2, 0.25) is 21.8 Å². The van der Waals surface area contributed by atoms with Gasteiger partial charge in [0.15, 0.2) is 0 Å². The maximum Gasteiger partial charge on any atom is 0.417 e. The molecule has 12 heteroatoms. The van der Waals surface area contributed by atoms with Gasteiger partial charge in [0.05, 0.1) is 15.5 Å². The summed E-state index contributed by atoms with van der Waals surface area (Å²) in [6.07, 6.45) is -5.04. The lowest BCUT2D eigenvalue weighted by Gasteiger charge is -2.16. The van der Waals surface area contributed by atoms with Gasteiger partial charge in [-0.1, -0.05) is 41.9 Å². The van der Waals surface area contributed by atoms with E-state index in [9.17, 15) is 31.2 Å². The van der Waals surface area contributed by atoms with Crippen LogP contribution in [-0.4, -0.2) is 32.8 Å². The molecular weight excluding hydrogens is 459 g/mol. The number of rotatable bonds is 9. The summed E-state index contributed by atoms with van der Waals surface area (Å²) in [6.45, 7) is -0.408. The predicted octanol–water partition coefficient (Wildman–Crippen LogP) is 2.24. The van der Waals surface area contributed by atoms with Crippen LogP contribution in [0, 0.1) is 0 Å². The van der Waals surface area contributed by atoms with Crippen molar-refractivity contribution in [2.24, 2.45) is 5.73 Å². The summed E-state index contributed by atoms with van der Waals surface area (Å²) in [5.74, 6) is -1.42. The van der Waals surface area contributed by atoms with Gasteiger partial charge in [0, 0.05) is 19.4 Å². The number of benzene rings is 2. The summed E-state index contributed by atoms with van der Waals surface area (Å²) in [7, 11) is -4.33. The molecule has 0 fully saturated rings. The Bertz CT molecular complexity index is 1050. The van der Waals surface area contributed by atoms with E-state index < -0.39 is 56.1 Å². The maximum atomic E-state index is 12.9. The first kappa shape index (κ1) is 24.6. The molecule has 2 aromatic carbocycles. The predicted molar refractivity (Wildman–Crippen MR) is 108 cm³/mol. The summed E-state index contributed by atoms with van der Waals surface area (Å²) in [6, 6.07) is 9.94. The van der Waals surface area contributed by atoms with Crippen LogP contribution < -0.4 is 15.8 Å². The number of hydrogen-bond acceptors (Lipinski definition) is 4. The molecule has 1 unspecified atom stereocenters. The van der Waals surface area contributed by atoms with E-state index in [2.05, 4.69) is 5.32 Å². The summed E-state index contributed by atoms with van der Waals surface area (Å²) in [5, 5.41) is 1.78. The standard InChI is InChI=1S/C19H19ClF3N3O4S/c20-15-7-6-13(11-14(15)19(21,22)23)31(29,30)25-9-8-17(27)26-16(18(24)28)10-12-4-2-1-3-5-12/h1-7,11,16,25H,8-10H2,(H2,24,28)(H,26,27). The number of alkyl halides is 3. The third kappa shape index (κ3) is 7.23. The van der Waals surface area contributed by atoms with Crippen molar-refractivity contribution in [3.63, 3.8) is 0 Å². The lowest BCUT2D eigenvalue weighted by Crippen LogP contribution is -2.46. The lowest BCUT2D eigenvalue weighted by atomic mass is 10.1. The van der Waals surface area contributed by atoms with Crippen LogP contribution in [0.1, 0.15) is 17.5 Å². The first-order valence-corrected chi connectivity index (χ1v) is 10.8. The van der Waals surface area contributed by atoms with Crippen molar-refractivity contribution in [1.82, 2.24) is 10.0 Å². The molecular formula is C19H19ClF3N3O4S. The Hall–Kier alpha value is -2.63. The summed E-state index contributed by atoms with van der Waals surface area (Å²) >= 11 is 5.48. The maximum absolute atomic E-state index is 12.9. The molecule has 0 aliphatic rings. The molecule has 0 aliphatic heterocycles. The van der Waals surface area contributed by atoms with E-state index in [0.29, 0.717) is 6.07 Å². The molecule has 0 bridgehead atoms. The summed E-state index contributed by atoms with van der Waals surface area (Å²) in [4.78, 5) is 23.0. The minimum Gasteiger partial charge on any atom is -0.368 e. The third-order valence-corrected chi connectivity index (χ3v) is 5.95.